The van der Waals surface area contributed by atoms with Crippen LogP contribution in [0.25, 0.3) is 10.8 Å². The molecule has 0 aliphatic carbocycles. The summed E-state index contributed by atoms with van der Waals surface area (Å²) in [5, 5.41) is 7.72. The molecule has 7 nitrogen and oxygen atoms in total. The van der Waals surface area contributed by atoms with Gasteiger partial charge in [-0.05, 0) is 32.4 Å². The van der Waals surface area contributed by atoms with E-state index >= 15 is 0 Å². The number of rotatable bonds is 6. The summed E-state index contributed by atoms with van der Waals surface area (Å²) in [6.45, 7) is 5.44. The molecule has 150 valence electrons. The third-order valence-corrected chi connectivity index (χ3v) is 4.47. The summed E-state index contributed by atoms with van der Waals surface area (Å²) in [5.41, 5.74) is 0.674. The van der Waals surface area contributed by atoms with E-state index in [2.05, 4.69) is 10.4 Å². The zero-order valence-corrected chi connectivity index (χ0v) is 16.6. The van der Waals surface area contributed by atoms with Crippen LogP contribution in [0.15, 0.2) is 59.4 Å². The molecule has 0 radical (unpaired) electrons. The topological polar surface area (TPSA) is 90.3 Å². The van der Waals surface area contributed by atoms with E-state index in [1.165, 1.54) is 11.6 Å². The van der Waals surface area contributed by atoms with Gasteiger partial charge in [0.05, 0.1) is 11.4 Å². The SMILES string of the molecule is CC(C)n1nc(C(=O)O[C@H](C)C(=O)NCc2ccccc2)c2ccccc2c1=O. The van der Waals surface area contributed by atoms with Crippen LogP contribution in [0, 0.1) is 0 Å². The Balaban J connectivity index is 1.79. The minimum Gasteiger partial charge on any atom is -0.448 e. The van der Waals surface area contributed by atoms with Gasteiger partial charge in [-0.25, -0.2) is 9.48 Å². The Labute approximate surface area is 168 Å². The van der Waals surface area contributed by atoms with Crippen LogP contribution in [0.2, 0.25) is 0 Å². The first kappa shape index (κ1) is 20.3. The van der Waals surface area contributed by atoms with Crippen molar-refractivity contribution in [3.63, 3.8) is 0 Å². The number of aromatic nitrogens is 2. The standard InChI is InChI=1S/C22H23N3O4/c1-14(2)25-21(27)18-12-8-7-11-17(18)19(24-25)22(28)29-15(3)20(26)23-13-16-9-5-4-6-10-16/h4-12,14-15H,13H2,1-3H3,(H,23,26)/t15-/m1/s1. The van der Waals surface area contributed by atoms with Gasteiger partial charge >= 0.3 is 5.97 Å². The molecule has 1 amide bonds. The highest BCUT2D eigenvalue weighted by Gasteiger charge is 2.23. The lowest BCUT2D eigenvalue weighted by atomic mass is 10.1. The molecule has 2 aromatic carbocycles. The largest absolute Gasteiger partial charge is 0.448 e. The van der Waals surface area contributed by atoms with Crippen LogP contribution in [0.4, 0.5) is 0 Å². The summed E-state index contributed by atoms with van der Waals surface area (Å²) >= 11 is 0. The van der Waals surface area contributed by atoms with E-state index in [1.54, 1.807) is 38.1 Å². The van der Waals surface area contributed by atoms with Crippen molar-refractivity contribution in [2.24, 2.45) is 0 Å². The number of carbonyl (C=O) groups excluding carboxylic acids is 2. The van der Waals surface area contributed by atoms with Gasteiger partial charge in [0.1, 0.15) is 0 Å². The maximum Gasteiger partial charge on any atom is 0.360 e. The van der Waals surface area contributed by atoms with E-state index in [0.717, 1.165) is 5.56 Å². The second-order valence-electron chi connectivity index (χ2n) is 6.99. The number of ether oxygens (including phenoxy) is 1. The lowest BCUT2D eigenvalue weighted by Gasteiger charge is -2.16. The van der Waals surface area contributed by atoms with E-state index < -0.39 is 18.0 Å². The molecule has 0 aliphatic heterocycles. The van der Waals surface area contributed by atoms with Crippen molar-refractivity contribution >= 4 is 22.6 Å². The second kappa shape index (κ2) is 8.68. The third kappa shape index (κ3) is 4.51. The summed E-state index contributed by atoms with van der Waals surface area (Å²) in [6, 6.07) is 15.9. The Morgan fingerprint density at radius 2 is 1.62 bits per heavy atom. The first-order chi connectivity index (χ1) is 13.9. The Kier molecular flexibility index (Phi) is 6.07. The molecule has 0 spiro atoms. The van der Waals surface area contributed by atoms with Crippen LogP contribution >= 0.6 is 0 Å². The Morgan fingerprint density at radius 3 is 2.28 bits per heavy atom. The molecule has 0 saturated heterocycles. The van der Waals surface area contributed by atoms with Gasteiger partial charge in [-0.15, -0.1) is 0 Å². The lowest BCUT2D eigenvalue weighted by molar-refractivity contribution is -0.129. The van der Waals surface area contributed by atoms with Crippen molar-refractivity contribution < 1.29 is 14.3 Å². The minimum absolute atomic E-state index is 0.0107. The molecule has 1 heterocycles. The Hall–Kier alpha value is -3.48. The molecule has 0 bridgehead atoms. The quantitative estimate of drug-likeness (QED) is 0.651. The van der Waals surface area contributed by atoms with E-state index in [1.807, 2.05) is 30.3 Å². The molecular formula is C22H23N3O4. The number of hydrogen-bond donors (Lipinski definition) is 1. The van der Waals surface area contributed by atoms with Crippen LogP contribution in [-0.2, 0) is 16.1 Å². The number of nitrogens with one attached hydrogen (secondary N) is 1. The van der Waals surface area contributed by atoms with Gasteiger partial charge in [0, 0.05) is 11.9 Å². The maximum atomic E-state index is 12.8. The summed E-state index contributed by atoms with van der Waals surface area (Å²) in [6.07, 6.45) is -1.01. The fraction of sp³-hybridized carbons (Fsp3) is 0.273. The summed E-state index contributed by atoms with van der Waals surface area (Å²) in [4.78, 5) is 37.6. The predicted molar refractivity (Wildman–Crippen MR) is 110 cm³/mol. The average molecular weight is 393 g/mol. The van der Waals surface area contributed by atoms with Crippen molar-refractivity contribution in [2.75, 3.05) is 0 Å². The molecular weight excluding hydrogens is 370 g/mol. The van der Waals surface area contributed by atoms with E-state index in [4.69, 9.17) is 4.74 Å². The molecule has 0 saturated carbocycles. The van der Waals surface area contributed by atoms with Crippen molar-refractivity contribution in [3.8, 4) is 0 Å². The third-order valence-electron chi connectivity index (χ3n) is 4.47. The van der Waals surface area contributed by atoms with Gasteiger partial charge in [-0.1, -0.05) is 48.5 Å². The molecule has 0 aliphatic rings. The molecule has 7 heteroatoms. The normalized spacial score (nSPS) is 12.0. The number of benzene rings is 2. The highest BCUT2D eigenvalue weighted by atomic mass is 16.5. The van der Waals surface area contributed by atoms with Crippen LogP contribution in [0.1, 0.15) is 42.9 Å². The molecule has 29 heavy (non-hydrogen) atoms. The van der Waals surface area contributed by atoms with Crippen molar-refractivity contribution in [3.05, 3.63) is 76.2 Å². The van der Waals surface area contributed by atoms with Gasteiger partial charge < -0.3 is 10.1 Å². The maximum absolute atomic E-state index is 12.8. The van der Waals surface area contributed by atoms with Crippen LogP contribution in [0.3, 0.4) is 0 Å². The Morgan fingerprint density at radius 1 is 1.00 bits per heavy atom. The van der Waals surface area contributed by atoms with Crippen LogP contribution < -0.4 is 10.9 Å². The number of fused-ring (bicyclic) bond motifs is 1. The zero-order chi connectivity index (χ0) is 21.0. The van der Waals surface area contributed by atoms with Crippen molar-refractivity contribution in [1.82, 2.24) is 15.1 Å². The summed E-state index contributed by atoms with van der Waals surface area (Å²) in [7, 11) is 0. The smallest absolute Gasteiger partial charge is 0.360 e. The average Bonchev–Trinajstić information content (AvgIpc) is 2.72. The first-order valence-corrected chi connectivity index (χ1v) is 9.42. The van der Waals surface area contributed by atoms with Gasteiger partial charge in [0.15, 0.2) is 11.8 Å². The van der Waals surface area contributed by atoms with Gasteiger partial charge in [-0.2, -0.15) is 5.10 Å². The number of nitrogens with zero attached hydrogens (tertiary/aromatic N) is 2. The zero-order valence-electron chi connectivity index (χ0n) is 16.6. The fourth-order valence-corrected chi connectivity index (χ4v) is 2.91. The summed E-state index contributed by atoms with van der Waals surface area (Å²) in [5.74, 6) is -1.17. The monoisotopic (exact) mass is 393 g/mol. The molecule has 3 aromatic rings. The predicted octanol–water partition coefficient (Wildman–Crippen LogP) is 2.84. The highest BCUT2D eigenvalue weighted by Crippen LogP contribution is 2.16. The number of hydrogen-bond acceptors (Lipinski definition) is 5. The van der Waals surface area contributed by atoms with Crippen LogP contribution in [-0.4, -0.2) is 27.8 Å². The van der Waals surface area contributed by atoms with E-state index in [0.29, 0.717) is 17.3 Å². The lowest BCUT2D eigenvalue weighted by Crippen LogP contribution is -2.36. The van der Waals surface area contributed by atoms with E-state index in [9.17, 15) is 14.4 Å². The number of carbonyl (C=O) groups is 2. The van der Waals surface area contributed by atoms with E-state index in [-0.39, 0.29) is 17.3 Å². The van der Waals surface area contributed by atoms with Crippen molar-refractivity contribution in [1.29, 1.82) is 0 Å². The molecule has 1 N–H and O–H groups in total. The fourth-order valence-electron chi connectivity index (χ4n) is 2.91. The molecule has 1 aromatic heterocycles. The molecule has 0 fully saturated rings. The van der Waals surface area contributed by atoms with Crippen molar-refractivity contribution in [2.45, 2.75) is 39.5 Å². The Bertz CT molecular complexity index is 1090. The second-order valence-corrected chi connectivity index (χ2v) is 6.99. The number of amides is 1. The van der Waals surface area contributed by atoms with Gasteiger partial charge in [0.2, 0.25) is 0 Å². The van der Waals surface area contributed by atoms with Gasteiger partial charge in [-0.3, -0.25) is 9.59 Å². The summed E-state index contributed by atoms with van der Waals surface area (Å²) < 4.78 is 6.59. The van der Waals surface area contributed by atoms with Gasteiger partial charge in [0.25, 0.3) is 11.5 Å². The molecule has 3 rings (SSSR count). The first-order valence-electron chi connectivity index (χ1n) is 9.42. The highest BCUT2D eigenvalue weighted by molar-refractivity contribution is 6.02. The van der Waals surface area contributed by atoms with Crippen LogP contribution in [0.5, 0.6) is 0 Å². The number of esters is 1. The molecule has 0 unspecified atom stereocenters. The molecule has 1 atom stereocenters. The minimum atomic E-state index is -1.01.